The molecule has 100 valence electrons. The zero-order valence-electron chi connectivity index (χ0n) is 10.3. The molecule has 2 N–H and O–H groups in total. The van der Waals surface area contributed by atoms with Crippen molar-refractivity contribution in [2.24, 2.45) is 0 Å². The Labute approximate surface area is 109 Å². The lowest BCUT2D eigenvalue weighted by molar-refractivity contribution is -0.134. The maximum Gasteiger partial charge on any atom is 0.257 e. The van der Waals surface area contributed by atoms with E-state index >= 15 is 0 Å². The molecule has 0 radical (unpaired) electrons. The second-order valence-corrected chi connectivity index (χ2v) is 4.04. The van der Waals surface area contributed by atoms with Crippen LogP contribution in [0, 0.1) is 0 Å². The second-order valence-electron chi connectivity index (χ2n) is 4.04. The van der Waals surface area contributed by atoms with Crippen LogP contribution in [-0.4, -0.2) is 35.9 Å². The first-order chi connectivity index (χ1) is 9.11. The lowest BCUT2D eigenvalue weighted by Gasteiger charge is -2.21. The van der Waals surface area contributed by atoms with Crippen molar-refractivity contribution >= 4 is 17.7 Å². The molecule has 7 nitrogen and oxygen atoms in total. The molecular weight excluding hydrogens is 250 g/mol. The number of hydrogen-bond donors (Lipinski definition) is 2. The Morgan fingerprint density at radius 1 is 1.53 bits per heavy atom. The molecule has 7 heteroatoms. The Bertz CT molecular complexity index is 529. The SMILES string of the molecule is COc1ncccc1C(=O)NC1CCC(=O)NC1=O. The third kappa shape index (κ3) is 2.87. The largest absolute Gasteiger partial charge is 0.480 e. The first-order valence-corrected chi connectivity index (χ1v) is 5.75. The highest BCUT2D eigenvalue weighted by molar-refractivity contribution is 6.04. The quantitative estimate of drug-likeness (QED) is 0.725. The number of pyridine rings is 1. The molecule has 1 aliphatic heterocycles. The maximum atomic E-state index is 12.0. The number of aromatic nitrogens is 1. The van der Waals surface area contributed by atoms with Gasteiger partial charge < -0.3 is 10.1 Å². The number of carbonyl (C=O) groups excluding carboxylic acids is 3. The van der Waals surface area contributed by atoms with Gasteiger partial charge in [-0.2, -0.15) is 0 Å². The van der Waals surface area contributed by atoms with Crippen molar-refractivity contribution < 1.29 is 19.1 Å². The van der Waals surface area contributed by atoms with Crippen LogP contribution in [0.2, 0.25) is 0 Å². The Morgan fingerprint density at radius 3 is 3.00 bits per heavy atom. The molecule has 1 fully saturated rings. The Morgan fingerprint density at radius 2 is 2.32 bits per heavy atom. The summed E-state index contributed by atoms with van der Waals surface area (Å²) in [5.41, 5.74) is 0.245. The molecular formula is C12H13N3O4. The molecule has 0 aromatic carbocycles. The molecule has 0 aliphatic carbocycles. The molecule has 0 saturated carbocycles. The third-order valence-electron chi connectivity index (χ3n) is 2.75. The summed E-state index contributed by atoms with van der Waals surface area (Å²) in [4.78, 5) is 38.5. The summed E-state index contributed by atoms with van der Waals surface area (Å²) in [5, 5.41) is 4.73. The van der Waals surface area contributed by atoms with Gasteiger partial charge in [-0.25, -0.2) is 4.98 Å². The molecule has 1 saturated heterocycles. The molecule has 2 rings (SSSR count). The monoisotopic (exact) mass is 263 g/mol. The van der Waals surface area contributed by atoms with Crippen LogP contribution < -0.4 is 15.4 Å². The first-order valence-electron chi connectivity index (χ1n) is 5.75. The number of methoxy groups -OCH3 is 1. The highest BCUT2D eigenvalue weighted by Gasteiger charge is 2.28. The van der Waals surface area contributed by atoms with Gasteiger partial charge in [-0.15, -0.1) is 0 Å². The second kappa shape index (κ2) is 5.47. The van der Waals surface area contributed by atoms with E-state index in [9.17, 15) is 14.4 Å². The van der Waals surface area contributed by atoms with Gasteiger partial charge in [-0.3, -0.25) is 19.7 Å². The molecule has 2 heterocycles. The summed E-state index contributed by atoms with van der Waals surface area (Å²) in [6.07, 6.45) is 2.00. The van der Waals surface area contributed by atoms with Gasteiger partial charge in [0.05, 0.1) is 7.11 Å². The average molecular weight is 263 g/mol. The summed E-state index contributed by atoms with van der Waals surface area (Å²) in [5.74, 6) is -1.09. The van der Waals surface area contributed by atoms with E-state index in [0.29, 0.717) is 6.42 Å². The molecule has 0 bridgehead atoms. The van der Waals surface area contributed by atoms with Crippen LogP contribution in [0.1, 0.15) is 23.2 Å². The zero-order chi connectivity index (χ0) is 13.8. The van der Waals surface area contributed by atoms with Crippen LogP contribution in [0.3, 0.4) is 0 Å². The van der Waals surface area contributed by atoms with E-state index < -0.39 is 17.9 Å². The van der Waals surface area contributed by atoms with E-state index in [0.717, 1.165) is 0 Å². The molecule has 1 aromatic heterocycles. The van der Waals surface area contributed by atoms with Crippen molar-refractivity contribution in [3.05, 3.63) is 23.9 Å². The third-order valence-corrected chi connectivity index (χ3v) is 2.75. The lowest BCUT2D eigenvalue weighted by Crippen LogP contribution is -2.52. The predicted octanol–water partition coefficient (Wildman–Crippen LogP) is -0.375. The number of amides is 3. The zero-order valence-corrected chi connectivity index (χ0v) is 10.3. The average Bonchev–Trinajstić information content (AvgIpc) is 2.41. The van der Waals surface area contributed by atoms with Crippen molar-refractivity contribution in [2.75, 3.05) is 7.11 Å². The smallest absolute Gasteiger partial charge is 0.257 e. The van der Waals surface area contributed by atoms with Crippen LogP contribution in [0.25, 0.3) is 0 Å². The van der Waals surface area contributed by atoms with Gasteiger partial charge in [-0.1, -0.05) is 0 Å². The van der Waals surface area contributed by atoms with Crippen molar-refractivity contribution in [1.29, 1.82) is 0 Å². The van der Waals surface area contributed by atoms with Crippen LogP contribution in [0.4, 0.5) is 0 Å². The summed E-state index contributed by atoms with van der Waals surface area (Å²) in [7, 11) is 1.41. The van der Waals surface area contributed by atoms with E-state index in [2.05, 4.69) is 15.6 Å². The molecule has 1 unspecified atom stereocenters. The minimum atomic E-state index is -0.713. The Hall–Kier alpha value is -2.44. The van der Waals surface area contributed by atoms with Crippen LogP contribution in [0.15, 0.2) is 18.3 Å². The number of rotatable bonds is 3. The minimum absolute atomic E-state index is 0.187. The maximum absolute atomic E-state index is 12.0. The minimum Gasteiger partial charge on any atom is -0.480 e. The standard InChI is InChI=1S/C12H13N3O4/c1-19-12-7(3-2-6-13-12)10(17)14-8-4-5-9(16)15-11(8)18/h2-3,6,8H,4-5H2,1H3,(H,14,17)(H,15,16,18). The number of hydrogen-bond acceptors (Lipinski definition) is 5. The first kappa shape index (κ1) is 13.0. The Balaban J connectivity index is 2.09. The van der Waals surface area contributed by atoms with Crippen LogP contribution in [-0.2, 0) is 9.59 Å². The Kier molecular flexibility index (Phi) is 3.74. The van der Waals surface area contributed by atoms with Crippen molar-refractivity contribution in [3.8, 4) is 5.88 Å². The number of ether oxygens (including phenoxy) is 1. The molecule has 1 atom stereocenters. The van der Waals surface area contributed by atoms with Crippen LogP contribution in [0.5, 0.6) is 5.88 Å². The highest BCUT2D eigenvalue weighted by atomic mass is 16.5. The van der Waals surface area contributed by atoms with Crippen LogP contribution >= 0.6 is 0 Å². The summed E-state index contributed by atoms with van der Waals surface area (Å²) in [6, 6.07) is 2.43. The topological polar surface area (TPSA) is 97.4 Å². The van der Waals surface area contributed by atoms with Gasteiger partial charge in [0.2, 0.25) is 17.7 Å². The number of nitrogens with zero attached hydrogens (tertiary/aromatic N) is 1. The fraction of sp³-hybridized carbons (Fsp3) is 0.333. The van der Waals surface area contributed by atoms with Crippen molar-refractivity contribution in [3.63, 3.8) is 0 Å². The van der Waals surface area contributed by atoms with Gasteiger partial charge in [0.1, 0.15) is 11.6 Å². The summed E-state index contributed by atoms with van der Waals surface area (Å²) in [6.45, 7) is 0. The predicted molar refractivity (Wildman–Crippen MR) is 64.4 cm³/mol. The highest BCUT2D eigenvalue weighted by Crippen LogP contribution is 2.14. The van der Waals surface area contributed by atoms with Gasteiger partial charge in [0.15, 0.2) is 0 Å². The van der Waals surface area contributed by atoms with Gasteiger partial charge in [0, 0.05) is 12.6 Å². The van der Waals surface area contributed by atoms with Gasteiger partial charge in [0.25, 0.3) is 5.91 Å². The summed E-state index contributed by atoms with van der Waals surface area (Å²) < 4.78 is 4.97. The van der Waals surface area contributed by atoms with E-state index in [1.165, 1.54) is 13.3 Å². The fourth-order valence-corrected chi connectivity index (χ4v) is 1.79. The lowest BCUT2D eigenvalue weighted by atomic mass is 10.1. The number of imide groups is 1. The van der Waals surface area contributed by atoms with E-state index in [-0.39, 0.29) is 23.8 Å². The summed E-state index contributed by atoms with van der Waals surface area (Å²) >= 11 is 0. The normalized spacial score (nSPS) is 18.7. The van der Waals surface area contributed by atoms with E-state index in [1.54, 1.807) is 12.1 Å². The molecule has 0 spiro atoms. The van der Waals surface area contributed by atoms with Gasteiger partial charge >= 0.3 is 0 Å². The van der Waals surface area contributed by atoms with E-state index in [4.69, 9.17) is 4.74 Å². The van der Waals surface area contributed by atoms with Gasteiger partial charge in [-0.05, 0) is 18.6 Å². The number of carbonyl (C=O) groups is 3. The number of piperidine rings is 1. The fourth-order valence-electron chi connectivity index (χ4n) is 1.79. The van der Waals surface area contributed by atoms with Crippen molar-refractivity contribution in [2.45, 2.75) is 18.9 Å². The molecule has 3 amide bonds. The molecule has 1 aliphatic rings. The molecule has 19 heavy (non-hydrogen) atoms. The molecule has 1 aromatic rings. The van der Waals surface area contributed by atoms with E-state index in [1.807, 2.05) is 0 Å². The number of nitrogens with one attached hydrogen (secondary N) is 2. The van der Waals surface area contributed by atoms with Crippen molar-refractivity contribution in [1.82, 2.24) is 15.6 Å².